The molecule has 8 nitrogen and oxygen atoms in total. The number of anilines is 2. The molecule has 144 valence electrons. The van der Waals surface area contributed by atoms with Crippen molar-refractivity contribution >= 4 is 17.4 Å². The van der Waals surface area contributed by atoms with Gasteiger partial charge in [-0.25, -0.2) is 9.48 Å². The third-order valence-electron chi connectivity index (χ3n) is 4.99. The topological polar surface area (TPSA) is 79.2 Å². The van der Waals surface area contributed by atoms with Gasteiger partial charge in [-0.3, -0.25) is 0 Å². The summed E-state index contributed by atoms with van der Waals surface area (Å²) in [4.78, 5) is 16.9. The molecule has 28 heavy (non-hydrogen) atoms. The van der Waals surface area contributed by atoms with Gasteiger partial charge < -0.3 is 15.1 Å². The Kier molecular flexibility index (Phi) is 4.92. The van der Waals surface area contributed by atoms with Crippen LogP contribution >= 0.6 is 0 Å². The van der Waals surface area contributed by atoms with Gasteiger partial charge in [-0.1, -0.05) is 18.2 Å². The number of hydrogen-bond acceptors (Lipinski definition) is 5. The van der Waals surface area contributed by atoms with Crippen LogP contribution in [0.2, 0.25) is 0 Å². The van der Waals surface area contributed by atoms with Crippen molar-refractivity contribution in [2.24, 2.45) is 0 Å². The fourth-order valence-electron chi connectivity index (χ4n) is 3.40. The maximum absolute atomic E-state index is 12.7. The molecule has 1 aliphatic heterocycles. The molecule has 0 radical (unpaired) electrons. The number of carbonyl (C=O) groups excluding carboxylic acids is 1. The predicted octanol–water partition coefficient (Wildman–Crippen LogP) is 2.63. The van der Waals surface area contributed by atoms with Crippen molar-refractivity contribution in [2.45, 2.75) is 13.8 Å². The molecule has 1 saturated heterocycles. The van der Waals surface area contributed by atoms with E-state index in [4.69, 9.17) is 0 Å². The summed E-state index contributed by atoms with van der Waals surface area (Å²) in [6.07, 6.45) is 1.54. The van der Waals surface area contributed by atoms with E-state index in [0.29, 0.717) is 13.1 Å². The summed E-state index contributed by atoms with van der Waals surface area (Å²) < 4.78 is 1.59. The number of urea groups is 1. The Morgan fingerprint density at radius 1 is 1.04 bits per heavy atom. The van der Waals surface area contributed by atoms with Crippen molar-refractivity contribution in [1.29, 1.82) is 0 Å². The smallest absolute Gasteiger partial charge is 0.321 e. The second kappa shape index (κ2) is 7.67. The highest BCUT2D eigenvalue weighted by molar-refractivity contribution is 5.90. The SMILES string of the molecule is Cc1cccc(N2CCN(C(=O)Nc3ccc(C)c(-n4cnnn4)c3)CC2)c1. The predicted molar refractivity (Wildman–Crippen MR) is 108 cm³/mol. The van der Waals surface area contributed by atoms with Crippen LogP contribution in [-0.4, -0.2) is 57.3 Å². The summed E-state index contributed by atoms with van der Waals surface area (Å²) in [6, 6.07) is 14.1. The minimum absolute atomic E-state index is 0.0876. The number of carbonyl (C=O) groups is 1. The zero-order valence-corrected chi connectivity index (χ0v) is 16.0. The standard InChI is InChI=1S/C20H23N7O/c1-15-4-3-5-18(12-15)25-8-10-26(11-9-25)20(28)22-17-7-6-16(2)19(13-17)27-14-21-23-24-27/h3-7,12-14H,8-11H2,1-2H3,(H,22,28). The van der Waals surface area contributed by atoms with E-state index in [1.54, 1.807) is 11.0 Å². The number of benzene rings is 2. The molecule has 0 spiro atoms. The van der Waals surface area contributed by atoms with Crippen LogP contribution in [0.1, 0.15) is 11.1 Å². The molecule has 8 heteroatoms. The largest absolute Gasteiger partial charge is 0.368 e. The number of aryl methyl sites for hydroxylation is 2. The number of piperazine rings is 1. The summed E-state index contributed by atoms with van der Waals surface area (Å²) in [5, 5.41) is 14.3. The molecule has 0 saturated carbocycles. The number of tetrazole rings is 1. The van der Waals surface area contributed by atoms with E-state index < -0.39 is 0 Å². The van der Waals surface area contributed by atoms with Crippen molar-refractivity contribution < 1.29 is 4.79 Å². The first-order valence-corrected chi connectivity index (χ1v) is 9.32. The first kappa shape index (κ1) is 18.0. The first-order valence-electron chi connectivity index (χ1n) is 9.32. The van der Waals surface area contributed by atoms with Gasteiger partial charge in [0.2, 0.25) is 0 Å². The van der Waals surface area contributed by atoms with E-state index in [0.717, 1.165) is 30.0 Å². The van der Waals surface area contributed by atoms with Gasteiger partial charge >= 0.3 is 6.03 Å². The van der Waals surface area contributed by atoms with Gasteiger partial charge in [-0.2, -0.15) is 0 Å². The molecule has 3 aromatic rings. The van der Waals surface area contributed by atoms with E-state index in [9.17, 15) is 4.79 Å². The van der Waals surface area contributed by atoms with Crippen molar-refractivity contribution in [3.05, 3.63) is 59.9 Å². The summed E-state index contributed by atoms with van der Waals surface area (Å²) in [5.74, 6) is 0. The zero-order chi connectivity index (χ0) is 19.5. The van der Waals surface area contributed by atoms with Crippen LogP contribution in [0.5, 0.6) is 0 Å². The van der Waals surface area contributed by atoms with Crippen molar-refractivity contribution in [1.82, 2.24) is 25.1 Å². The molecular weight excluding hydrogens is 354 g/mol. The summed E-state index contributed by atoms with van der Waals surface area (Å²) >= 11 is 0. The Labute approximate surface area is 163 Å². The van der Waals surface area contributed by atoms with Gasteiger partial charge in [0.05, 0.1) is 5.69 Å². The number of nitrogens with zero attached hydrogens (tertiary/aromatic N) is 6. The Hall–Kier alpha value is -3.42. The van der Waals surface area contributed by atoms with Crippen LogP contribution in [0, 0.1) is 13.8 Å². The second-order valence-corrected chi connectivity index (χ2v) is 7.00. The van der Waals surface area contributed by atoms with E-state index in [1.807, 2.05) is 30.0 Å². The fraction of sp³-hybridized carbons (Fsp3) is 0.300. The number of rotatable bonds is 3. The molecule has 2 heterocycles. The highest BCUT2D eigenvalue weighted by Gasteiger charge is 2.21. The van der Waals surface area contributed by atoms with Crippen LogP contribution in [0.15, 0.2) is 48.8 Å². The molecule has 0 bridgehead atoms. The summed E-state index contributed by atoms with van der Waals surface area (Å²) in [5.41, 5.74) is 5.05. The molecule has 0 aliphatic carbocycles. The van der Waals surface area contributed by atoms with Crippen LogP contribution in [0.3, 0.4) is 0 Å². The normalized spacial score (nSPS) is 14.2. The zero-order valence-electron chi connectivity index (χ0n) is 16.0. The monoisotopic (exact) mass is 377 g/mol. The third-order valence-corrected chi connectivity index (χ3v) is 4.99. The molecule has 2 aromatic carbocycles. The number of nitrogens with one attached hydrogen (secondary N) is 1. The molecule has 1 aliphatic rings. The molecule has 4 rings (SSSR count). The number of hydrogen-bond donors (Lipinski definition) is 1. The van der Waals surface area contributed by atoms with Crippen LogP contribution in [0.25, 0.3) is 5.69 Å². The van der Waals surface area contributed by atoms with Gasteiger partial charge in [0.1, 0.15) is 6.33 Å². The van der Waals surface area contributed by atoms with Crippen molar-refractivity contribution in [2.75, 3.05) is 36.4 Å². The van der Waals surface area contributed by atoms with Crippen molar-refractivity contribution in [3.8, 4) is 5.69 Å². The van der Waals surface area contributed by atoms with E-state index >= 15 is 0 Å². The minimum atomic E-state index is -0.0876. The molecule has 0 unspecified atom stereocenters. The van der Waals surface area contributed by atoms with E-state index in [-0.39, 0.29) is 6.03 Å². The Balaban J connectivity index is 1.39. The third kappa shape index (κ3) is 3.80. The second-order valence-electron chi connectivity index (χ2n) is 7.00. The Morgan fingerprint density at radius 2 is 1.86 bits per heavy atom. The lowest BCUT2D eigenvalue weighted by molar-refractivity contribution is 0.208. The summed E-state index contributed by atoms with van der Waals surface area (Å²) in [7, 11) is 0. The molecule has 0 atom stereocenters. The van der Waals surface area contributed by atoms with E-state index in [1.165, 1.54) is 11.3 Å². The Bertz CT molecular complexity index is 962. The highest BCUT2D eigenvalue weighted by Crippen LogP contribution is 2.20. The molecule has 2 amide bonds. The maximum Gasteiger partial charge on any atom is 0.321 e. The molecule has 1 fully saturated rings. The lowest BCUT2D eigenvalue weighted by Gasteiger charge is -2.36. The fourth-order valence-corrected chi connectivity index (χ4v) is 3.40. The number of aromatic nitrogens is 4. The summed E-state index contributed by atoms with van der Waals surface area (Å²) in [6.45, 7) is 7.09. The minimum Gasteiger partial charge on any atom is -0.368 e. The van der Waals surface area contributed by atoms with Gasteiger partial charge in [0.15, 0.2) is 0 Å². The average Bonchev–Trinajstić information content (AvgIpc) is 3.24. The van der Waals surface area contributed by atoms with E-state index in [2.05, 4.69) is 56.9 Å². The molecule has 1 aromatic heterocycles. The molecular formula is C20H23N7O. The van der Waals surface area contributed by atoms with Crippen LogP contribution < -0.4 is 10.2 Å². The average molecular weight is 377 g/mol. The van der Waals surface area contributed by atoms with Crippen LogP contribution in [0.4, 0.5) is 16.2 Å². The van der Waals surface area contributed by atoms with Crippen molar-refractivity contribution in [3.63, 3.8) is 0 Å². The lowest BCUT2D eigenvalue weighted by Crippen LogP contribution is -2.50. The quantitative estimate of drug-likeness (QED) is 0.759. The maximum atomic E-state index is 12.7. The Morgan fingerprint density at radius 3 is 2.57 bits per heavy atom. The lowest BCUT2D eigenvalue weighted by atomic mass is 10.2. The van der Waals surface area contributed by atoms with Gasteiger partial charge in [0, 0.05) is 37.6 Å². The first-order chi connectivity index (χ1) is 13.6. The van der Waals surface area contributed by atoms with Gasteiger partial charge in [-0.15, -0.1) is 5.10 Å². The van der Waals surface area contributed by atoms with Gasteiger partial charge in [0.25, 0.3) is 0 Å². The highest BCUT2D eigenvalue weighted by atomic mass is 16.2. The van der Waals surface area contributed by atoms with Crippen LogP contribution in [-0.2, 0) is 0 Å². The molecule has 1 N–H and O–H groups in total. The number of amides is 2. The van der Waals surface area contributed by atoms with Gasteiger partial charge in [-0.05, 0) is 59.7 Å².